The number of rotatable bonds is 6. The third-order valence-electron chi connectivity index (χ3n) is 4.83. The fourth-order valence-corrected chi connectivity index (χ4v) is 5.08. The second-order valence-electron chi connectivity index (χ2n) is 6.92. The van der Waals surface area contributed by atoms with E-state index in [1.54, 1.807) is 17.5 Å². The number of hydrogen-bond acceptors (Lipinski definition) is 4. The Morgan fingerprint density at radius 2 is 1.92 bits per heavy atom. The van der Waals surface area contributed by atoms with E-state index in [1.807, 2.05) is 33.9 Å². The van der Waals surface area contributed by atoms with Crippen molar-refractivity contribution in [3.8, 4) is 5.75 Å². The van der Waals surface area contributed by atoms with Crippen LogP contribution >= 0.6 is 0 Å². The maximum Gasteiger partial charge on any atom is 0.243 e. The van der Waals surface area contributed by atoms with Gasteiger partial charge in [-0.1, -0.05) is 13.8 Å². The molecular weight excluding hydrogens is 324 g/mol. The topological polar surface area (TPSA) is 58.6 Å². The van der Waals surface area contributed by atoms with Crippen molar-refractivity contribution >= 4 is 10.0 Å². The summed E-state index contributed by atoms with van der Waals surface area (Å²) in [6.45, 7) is 8.08. The predicted octanol–water partition coefficient (Wildman–Crippen LogP) is 2.75. The van der Waals surface area contributed by atoms with Crippen LogP contribution in [0.2, 0.25) is 0 Å². The zero-order valence-corrected chi connectivity index (χ0v) is 16.2. The monoisotopic (exact) mass is 354 g/mol. The fraction of sp³-hybridized carbons (Fsp3) is 0.667. The van der Waals surface area contributed by atoms with Gasteiger partial charge in [0.2, 0.25) is 10.0 Å². The average molecular weight is 355 g/mol. The molecule has 0 bridgehead atoms. The molecule has 6 heteroatoms. The van der Waals surface area contributed by atoms with Crippen LogP contribution in [-0.4, -0.2) is 46.5 Å². The van der Waals surface area contributed by atoms with Gasteiger partial charge in [-0.05, 0) is 68.5 Å². The van der Waals surface area contributed by atoms with Crippen LogP contribution in [0.3, 0.4) is 0 Å². The van der Waals surface area contributed by atoms with Crippen molar-refractivity contribution in [2.24, 2.45) is 5.92 Å². The molecule has 1 N–H and O–H groups in total. The Kier molecular flexibility index (Phi) is 6.28. The summed E-state index contributed by atoms with van der Waals surface area (Å²) in [5.74, 6) is 1.52. The largest absolute Gasteiger partial charge is 0.496 e. The number of sulfonamides is 1. The van der Waals surface area contributed by atoms with E-state index in [0.717, 1.165) is 36.3 Å². The van der Waals surface area contributed by atoms with Gasteiger partial charge < -0.3 is 10.1 Å². The molecule has 5 nitrogen and oxygen atoms in total. The Bertz CT molecular complexity index is 663. The molecule has 24 heavy (non-hydrogen) atoms. The van der Waals surface area contributed by atoms with E-state index in [1.165, 1.54) is 0 Å². The molecule has 1 saturated heterocycles. The van der Waals surface area contributed by atoms with Crippen molar-refractivity contribution in [2.75, 3.05) is 33.8 Å². The predicted molar refractivity (Wildman–Crippen MR) is 97.2 cm³/mol. The lowest BCUT2D eigenvalue weighted by atomic mass is 9.98. The molecule has 1 heterocycles. The van der Waals surface area contributed by atoms with Crippen LogP contribution in [0.25, 0.3) is 0 Å². The summed E-state index contributed by atoms with van der Waals surface area (Å²) >= 11 is 0. The van der Waals surface area contributed by atoms with E-state index in [4.69, 9.17) is 4.74 Å². The molecule has 0 unspecified atom stereocenters. The number of nitrogens with zero attached hydrogens (tertiary/aromatic N) is 1. The normalized spacial score (nSPS) is 17.4. The van der Waals surface area contributed by atoms with E-state index in [0.29, 0.717) is 23.9 Å². The first-order chi connectivity index (χ1) is 11.3. The maximum atomic E-state index is 13.1. The Labute approximate surface area is 146 Å². The molecule has 0 aliphatic carbocycles. The summed E-state index contributed by atoms with van der Waals surface area (Å²) in [5, 5.41) is 3.18. The Hall–Kier alpha value is -1.11. The van der Waals surface area contributed by atoms with Gasteiger partial charge in [0.25, 0.3) is 0 Å². The molecule has 1 fully saturated rings. The van der Waals surface area contributed by atoms with Crippen LogP contribution in [0.1, 0.15) is 43.7 Å². The van der Waals surface area contributed by atoms with Gasteiger partial charge in [-0.3, -0.25) is 0 Å². The number of methoxy groups -OCH3 is 1. The number of nitrogens with one attached hydrogen (secondary N) is 1. The SMILES string of the molecule is CNCC1CCN(S(=O)(=O)c2cc(C(C)C)c(OC)cc2C)CC1. The minimum atomic E-state index is -3.45. The Balaban J connectivity index is 2.31. The average Bonchev–Trinajstić information content (AvgIpc) is 2.54. The summed E-state index contributed by atoms with van der Waals surface area (Å²) < 4.78 is 33.3. The Morgan fingerprint density at radius 3 is 2.42 bits per heavy atom. The molecule has 1 aromatic carbocycles. The highest BCUT2D eigenvalue weighted by Crippen LogP contribution is 2.33. The van der Waals surface area contributed by atoms with Gasteiger partial charge in [-0.15, -0.1) is 0 Å². The smallest absolute Gasteiger partial charge is 0.243 e. The first-order valence-corrected chi connectivity index (χ1v) is 10.1. The maximum absolute atomic E-state index is 13.1. The van der Waals surface area contributed by atoms with Gasteiger partial charge in [0.05, 0.1) is 12.0 Å². The summed E-state index contributed by atoms with van der Waals surface area (Å²) in [7, 11) is 0.113. The van der Waals surface area contributed by atoms with Gasteiger partial charge in [0, 0.05) is 13.1 Å². The summed E-state index contributed by atoms with van der Waals surface area (Å²) in [4.78, 5) is 0.416. The highest BCUT2D eigenvalue weighted by molar-refractivity contribution is 7.89. The Morgan fingerprint density at radius 1 is 1.29 bits per heavy atom. The minimum Gasteiger partial charge on any atom is -0.496 e. The van der Waals surface area contributed by atoms with Gasteiger partial charge in [0.1, 0.15) is 5.75 Å². The minimum absolute atomic E-state index is 0.205. The summed E-state index contributed by atoms with van der Waals surface area (Å²) in [5.41, 5.74) is 1.68. The molecule has 0 saturated carbocycles. The first-order valence-electron chi connectivity index (χ1n) is 8.64. The molecular formula is C18H30N2O3S. The number of benzene rings is 1. The van der Waals surface area contributed by atoms with Gasteiger partial charge in [-0.25, -0.2) is 8.42 Å². The summed E-state index contributed by atoms with van der Waals surface area (Å²) in [6.07, 6.45) is 1.82. The molecule has 0 atom stereocenters. The lowest BCUT2D eigenvalue weighted by Gasteiger charge is -2.31. The lowest BCUT2D eigenvalue weighted by Crippen LogP contribution is -2.40. The molecule has 1 aliphatic rings. The fourth-order valence-electron chi connectivity index (χ4n) is 3.36. The molecule has 0 amide bonds. The van der Waals surface area contributed by atoms with Crippen LogP contribution in [0.4, 0.5) is 0 Å². The van der Waals surface area contributed by atoms with E-state index >= 15 is 0 Å². The lowest BCUT2D eigenvalue weighted by molar-refractivity contribution is 0.270. The van der Waals surface area contributed by atoms with Crippen molar-refractivity contribution in [1.29, 1.82) is 0 Å². The number of hydrogen-bond donors (Lipinski definition) is 1. The van der Waals surface area contributed by atoms with Crippen LogP contribution in [-0.2, 0) is 10.0 Å². The summed E-state index contributed by atoms with van der Waals surface area (Å²) in [6, 6.07) is 3.64. The quantitative estimate of drug-likeness (QED) is 0.853. The van der Waals surface area contributed by atoms with Crippen molar-refractivity contribution in [3.05, 3.63) is 23.3 Å². The highest BCUT2D eigenvalue weighted by Gasteiger charge is 2.31. The molecule has 0 spiro atoms. The molecule has 2 rings (SSSR count). The highest BCUT2D eigenvalue weighted by atomic mass is 32.2. The van der Waals surface area contributed by atoms with E-state index in [2.05, 4.69) is 5.32 Å². The second kappa shape index (κ2) is 7.85. The van der Waals surface area contributed by atoms with E-state index in [9.17, 15) is 8.42 Å². The van der Waals surface area contributed by atoms with Crippen molar-refractivity contribution < 1.29 is 13.2 Å². The molecule has 1 aromatic rings. The van der Waals surface area contributed by atoms with Crippen molar-refractivity contribution in [3.63, 3.8) is 0 Å². The molecule has 0 aromatic heterocycles. The third-order valence-corrected chi connectivity index (χ3v) is 6.87. The molecule has 0 radical (unpaired) electrons. The standard InChI is InChI=1S/C18H30N2O3S/c1-13(2)16-11-18(14(3)10-17(16)23-5)24(21,22)20-8-6-15(7-9-20)12-19-4/h10-11,13,15,19H,6-9,12H2,1-5H3. The molecule has 136 valence electrons. The van der Waals surface area contributed by atoms with Crippen molar-refractivity contribution in [1.82, 2.24) is 9.62 Å². The van der Waals surface area contributed by atoms with E-state index in [-0.39, 0.29) is 5.92 Å². The van der Waals surface area contributed by atoms with Crippen LogP contribution in [0, 0.1) is 12.8 Å². The van der Waals surface area contributed by atoms with Crippen LogP contribution < -0.4 is 10.1 Å². The van der Waals surface area contributed by atoms with Crippen molar-refractivity contribution in [2.45, 2.75) is 44.4 Å². The van der Waals surface area contributed by atoms with Crippen LogP contribution in [0.15, 0.2) is 17.0 Å². The van der Waals surface area contributed by atoms with Gasteiger partial charge >= 0.3 is 0 Å². The zero-order chi connectivity index (χ0) is 17.9. The second-order valence-corrected chi connectivity index (χ2v) is 8.83. The zero-order valence-electron chi connectivity index (χ0n) is 15.4. The third kappa shape index (κ3) is 3.92. The van der Waals surface area contributed by atoms with Gasteiger partial charge in [0.15, 0.2) is 0 Å². The molecule has 1 aliphatic heterocycles. The van der Waals surface area contributed by atoms with Crippen LogP contribution in [0.5, 0.6) is 5.75 Å². The van der Waals surface area contributed by atoms with Gasteiger partial charge in [-0.2, -0.15) is 4.31 Å². The number of ether oxygens (including phenoxy) is 1. The number of piperidine rings is 1. The van der Waals surface area contributed by atoms with E-state index < -0.39 is 10.0 Å². The first kappa shape index (κ1) is 19.2. The number of aryl methyl sites for hydroxylation is 1.